The molecule has 11 heavy (non-hydrogen) atoms. The molecule has 0 atom stereocenters. The average molecular weight is 160 g/mol. The van der Waals surface area contributed by atoms with Crippen LogP contribution in [0.2, 0.25) is 0 Å². The van der Waals surface area contributed by atoms with E-state index in [2.05, 4.69) is 17.3 Å². The van der Waals surface area contributed by atoms with Crippen molar-refractivity contribution >= 4 is 0 Å². The molecule has 0 saturated heterocycles. The molecule has 3 nitrogen and oxygen atoms in total. The summed E-state index contributed by atoms with van der Waals surface area (Å²) in [4.78, 5) is 2.28. The highest BCUT2D eigenvalue weighted by molar-refractivity contribution is 4.51. The van der Waals surface area contributed by atoms with Gasteiger partial charge in [-0.15, -0.1) is 0 Å². The molecule has 0 aromatic rings. The van der Waals surface area contributed by atoms with Crippen LogP contribution in [0.3, 0.4) is 0 Å². The standard InChI is InChI=1S/C8H20N2O/c1-9-5-4-6-10(2)7-8-11-3/h9H,4-8H2,1-3H3. The molecule has 0 aromatic heterocycles. The first-order chi connectivity index (χ1) is 5.31. The van der Waals surface area contributed by atoms with Crippen molar-refractivity contribution in [1.82, 2.24) is 10.2 Å². The number of ether oxygens (including phenoxy) is 1. The van der Waals surface area contributed by atoms with E-state index in [9.17, 15) is 0 Å². The van der Waals surface area contributed by atoms with Gasteiger partial charge in [0.1, 0.15) is 0 Å². The Morgan fingerprint density at radius 3 is 2.64 bits per heavy atom. The van der Waals surface area contributed by atoms with Crippen molar-refractivity contribution in [3.8, 4) is 0 Å². The van der Waals surface area contributed by atoms with Crippen LogP contribution in [0, 0.1) is 0 Å². The molecular weight excluding hydrogens is 140 g/mol. The zero-order valence-corrected chi connectivity index (χ0v) is 7.89. The van der Waals surface area contributed by atoms with Crippen LogP contribution in [0.1, 0.15) is 6.42 Å². The molecule has 0 aliphatic carbocycles. The number of rotatable bonds is 7. The van der Waals surface area contributed by atoms with Gasteiger partial charge in [-0.1, -0.05) is 0 Å². The second kappa shape index (κ2) is 7.98. The molecule has 0 aromatic carbocycles. The molecule has 0 unspecified atom stereocenters. The second-order valence-corrected chi connectivity index (χ2v) is 2.75. The fourth-order valence-electron chi connectivity index (χ4n) is 0.885. The summed E-state index contributed by atoms with van der Waals surface area (Å²) >= 11 is 0. The Morgan fingerprint density at radius 1 is 1.36 bits per heavy atom. The highest BCUT2D eigenvalue weighted by Crippen LogP contribution is 1.85. The molecular formula is C8H20N2O. The third kappa shape index (κ3) is 7.78. The number of likely N-dealkylation sites (N-methyl/N-ethyl adjacent to an activating group) is 1. The predicted molar refractivity (Wildman–Crippen MR) is 47.9 cm³/mol. The Balaban J connectivity index is 3.02. The van der Waals surface area contributed by atoms with Crippen LogP contribution in [0.25, 0.3) is 0 Å². The molecule has 0 bridgehead atoms. The van der Waals surface area contributed by atoms with Crippen LogP contribution in [-0.2, 0) is 4.74 Å². The lowest BCUT2D eigenvalue weighted by Crippen LogP contribution is -2.26. The van der Waals surface area contributed by atoms with Gasteiger partial charge >= 0.3 is 0 Å². The van der Waals surface area contributed by atoms with E-state index in [1.165, 1.54) is 6.42 Å². The molecule has 1 N–H and O–H groups in total. The van der Waals surface area contributed by atoms with Gasteiger partial charge in [0.05, 0.1) is 6.61 Å². The van der Waals surface area contributed by atoms with E-state index < -0.39 is 0 Å². The Bertz CT molecular complexity index is 78.5. The normalized spacial score (nSPS) is 10.9. The first-order valence-corrected chi connectivity index (χ1v) is 4.13. The van der Waals surface area contributed by atoms with Gasteiger partial charge < -0.3 is 15.0 Å². The lowest BCUT2D eigenvalue weighted by Gasteiger charge is -2.15. The van der Waals surface area contributed by atoms with Crippen molar-refractivity contribution in [3.05, 3.63) is 0 Å². The van der Waals surface area contributed by atoms with E-state index in [0.29, 0.717) is 0 Å². The van der Waals surface area contributed by atoms with Crippen LogP contribution < -0.4 is 5.32 Å². The predicted octanol–water partition coefficient (Wildman–Crippen LogP) is 0.174. The van der Waals surface area contributed by atoms with Crippen molar-refractivity contribution in [2.45, 2.75) is 6.42 Å². The van der Waals surface area contributed by atoms with Gasteiger partial charge in [-0.2, -0.15) is 0 Å². The highest BCUT2D eigenvalue weighted by Gasteiger charge is 1.95. The largest absolute Gasteiger partial charge is 0.383 e. The quantitative estimate of drug-likeness (QED) is 0.537. The van der Waals surface area contributed by atoms with E-state index in [-0.39, 0.29) is 0 Å². The Morgan fingerprint density at radius 2 is 2.09 bits per heavy atom. The maximum atomic E-state index is 4.96. The molecule has 0 aliphatic heterocycles. The van der Waals surface area contributed by atoms with Crippen molar-refractivity contribution in [2.75, 3.05) is 47.4 Å². The zero-order chi connectivity index (χ0) is 8.53. The third-order valence-corrected chi connectivity index (χ3v) is 1.64. The first-order valence-electron chi connectivity index (χ1n) is 4.13. The summed E-state index contributed by atoms with van der Waals surface area (Å²) in [5.74, 6) is 0. The van der Waals surface area contributed by atoms with Gasteiger partial charge in [0.15, 0.2) is 0 Å². The summed E-state index contributed by atoms with van der Waals surface area (Å²) in [5.41, 5.74) is 0. The number of methoxy groups -OCH3 is 1. The molecule has 0 fully saturated rings. The molecule has 0 aliphatic rings. The molecule has 3 heteroatoms. The number of nitrogens with one attached hydrogen (secondary N) is 1. The first kappa shape index (κ1) is 10.9. The maximum absolute atomic E-state index is 4.96. The lowest BCUT2D eigenvalue weighted by atomic mass is 10.4. The van der Waals surface area contributed by atoms with Crippen molar-refractivity contribution in [1.29, 1.82) is 0 Å². The Hall–Kier alpha value is -0.120. The van der Waals surface area contributed by atoms with E-state index in [0.717, 1.165) is 26.2 Å². The molecule has 0 spiro atoms. The SMILES string of the molecule is CNCCCN(C)CCOC. The van der Waals surface area contributed by atoms with Crippen molar-refractivity contribution in [3.63, 3.8) is 0 Å². The van der Waals surface area contributed by atoms with E-state index in [1.54, 1.807) is 7.11 Å². The molecule has 0 saturated carbocycles. The molecule has 68 valence electrons. The lowest BCUT2D eigenvalue weighted by molar-refractivity contribution is 0.161. The minimum absolute atomic E-state index is 0.829. The minimum atomic E-state index is 0.829. The van der Waals surface area contributed by atoms with Gasteiger partial charge in [-0.25, -0.2) is 0 Å². The van der Waals surface area contributed by atoms with Crippen LogP contribution in [-0.4, -0.2) is 52.3 Å². The third-order valence-electron chi connectivity index (χ3n) is 1.64. The fraction of sp³-hybridized carbons (Fsp3) is 1.00. The summed E-state index contributed by atoms with van der Waals surface area (Å²) in [7, 11) is 5.84. The average Bonchev–Trinajstić information content (AvgIpc) is 2.01. The summed E-state index contributed by atoms with van der Waals surface area (Å²) in [6.45, 7) is 4.10. The topological polar surface area (TPSA) is 24.5 Å². The summed E-state index contributed by atoms with van der Waals surface area (Å²) in [6.07, 6.45) is 1.21. The monoisotopic (exact) mass is 160 g/mol. The van der Waals surface area contributed by atoms with E-state index >= 15 is 0 Å². The van der Waals surface area contributed by atoms with Crippen molar-refractivity contribution in [2.24, 2.45) is 0 Å². The summed E-state index contributed by atoms with van der Waals surface area (Å²) in [5, 5.41) is 3.12. The number of nitrogens with zero attached hydrogens (tertiary/aromatic N) is 1. The van der Waals surface area contributed by atoms with Gasteiger partial charge in [-0.05, 0) is 33.6 Å². The van der Waals surface area contributed by atoms with E-state index in [1.807, 2.05) is 7.05 Å². The van der Waals surface area contributed by atoms with Gasteiger partial charge in [0.2, 0.25) is 0 Å². The molecule has 0 amide bonds. The van der Waals surface area contributed by atoms with Crippen molar-refractivity contribution < 1.29 is 4.74 Å². The van der Waals surface area contributed by atoms with Gasteiger partial charge in [0, 0.05) is 13.7 Å². The minimum Gasteiger partial charge on any atom is -0.383 e. The van der Waals surface area contributed by atoms with Crippen LogP contribution in [0.15, 0.2) is 0 Å². The molecule has 0 heterocycles. The second-order valence-electron chi connectivity index (χ2n) is 2.75. The van der Waals surface area contributed by atoms with E-state index in [4.69, 9.17) is 4.74 Å². The number of hydrogen-bond acceptors (Lipinski definition) is 3. The zero-order valence-electron chi connectivity index (χ0n) is 7.89. The summed E-state index contributed by atoms with van der Waals surface area (Å²) in [6, 6.07) is 0. The van der Waals surface area contributed by atoms with Crippen LogP contribution >= 0.6 is 0 Å². The maximum Gasteiger partial charge on any atom is 0.0589 e. The smallest absolute Gasteiger partial charge is 0.0589 e. The van der Waals surface area contributed by atoms with Crippen LogP contribution in [0.5, 0.6) is 0 Å². The highest BCUT2D eigenvalue weighted by atomic mass is 16.5. The Kier molecular flexibility index (Phi) is 7.89. The molecule has 0 rings (SSSR count). The Labute approximate surface area is 69.7 Å². The fourth-order valence-corrected chi connectivity index (χ4v) is 0.885. The van der Waals surface area contributed by atoms with Gasteiger partial charge in [0.25, 0.3) is 0 Å². The molecule has 0 radical (unpaired) electrons. The van der Waals surface area contributed by atoms with Gasteiger partial charge in [-0.3, -0.25) is 0 Å². The number of hydrogen-bond donors (Lipinski definition) is 1. The summed E-state index contributed by atoms with van der Waals surface area (Å²) < 4.78 is 4.96. The van der Waals surface area contributed by atoms with Crippen LogP contribution in [0.4, 0.5) is 0 Å².